The lowest BCUT2D eigenvalue weighted by Gasteiger charge is -2.15. The molecule has 0 radical (unpaired) electrons. The van der Waals surface area contributed by atoms with Gasteiger partial charge in [-0.1, -0.05) is 6.07 Å². The lowest BCUT2D eigenvalue weighted by Crippen LogP contribution is -2.38. The van der Waals surface area contributed by atoms with Crippen molar-refractivity contribution in [3.05, 3.63) is 24.3 Å². The third-order valence-corrected chi connectivity index (χ3v) is 2.83. The predicted octanol–water partition coefficient (Wildman–Crippen LogP) is 1.15. The number of rotatable bonds is 4. The lowest BCUT2D eigenvalue weighted by atomic mass is 10.2. The van der Waals surface area contributed by atoms with Gasteiger partial charge in [0.1, 0.15) is 6.61 Å². The Kier molecular flexibility index (Phi) is 4.41. The zero-order valence-electron chi connectivity index (χ0n) is 11.1. The third kappa shape index (κ3) is 3.39. The first-order valence-corrected chi connectivity index (χ1v) is 6.33. The van der Waals surface area contributed by atoms with Crippen molar-refractivity contribution in [3.63, 3.8) is 0 Å². The number of urea groups is 1. The van der Waals surface area contributed by atoms with Gasteiger partial charge in [-0.05, 0) is 25.1 Å². The van der Waals surface area contributed by atoms with Crippen molar-refractivity contribution >= 4 is 23.5 Å². The molecule has 20 heavy (non-hydrogen) atoms. The van der Waals surface area contributed by atoms with Crippen LogP contribution in [-0.4, -0.2) is 43.0 Å². The third-order valence-electron chi connectivity index (χ3n) is 2.83. The molecule has 108 valence electrons. The molecule has 1 atom stereocenters. The maximum Gasteiger partial charge on any atom is 0.414 e. The molecule has 0 bridgehead atoms. The zero-order chi connectivity index (χ0) is 14.5. The summed E-state index contributed by atoms with van der Waals surface area (Å²) in [4.78, 5) is 24.6. The summed E-state index contributed by atoms with van der Waals surface area (Å²) in [5.41, 5.74) is 1.23. The van der Waals surface area contributed by atoms with Crippen LogP contribution in [0, 0.1) is 0 Å². The monoisotopic (exact) mass is 279 g/mol. The molecule has 1 aromatic rings. The fourth-order valence-corrected chi connectivity index (χ4v) is 1.82. The lowest BCUT2D eigenvalue weighted by molar-refractivity contribution is 0.181. The summed E-state index contributed by atoms with van der Waals surface area (Å²) in [6.07, 6.45) is -0.388. The van der Waals surface area contributed by atoms with Crippen molar-refractivity contribution in [2.24, 2.45) is 0 Å². The Labute approximate surface area is 116 Å². The highest BCUT2D eigenvalue weighted by Crippen LogP contribution is 2.22. The number of amides is 3. The number of hydrogen-bond donors (Lipinski definition) is 3. The fourth-order valence-electron chi connectivity index (χ4n) is 1.82. The van der Waals surface area contributed by atoms with E-state index in [4.69, 9.17) is 9.84 Å². The Hall–Kier alpha value is -2.28. The minimum Gasteiger partial charge on any atom is -0.447 e. The Morgan fingerprint density at radius 2 is 2.35 bits per heavy atom. The number of cyclic esters (lactones) is 1. The minimum atomic E-state index is -0.410. The average Bonchev–Trinajstić information content (AvgIpc) is 2.85. The van der Waals surface area contributed by atoms with Crippen molar-refractivity contribution in [3.8, 4) is 0 Å². The second kappa shape index (κ2) is 6.25. The number of aliphatic hydroxyl groups excluding tert-OH is 1. The summed E-state index contributed by atoms with van der Waals surface area (Å²) in [6, 6.07) is 6.18. The molecule has 1 aliphatic heterocycles. The van der Waals surface area contributed by atoms with Gasteiger partial charge in [0, 0.05) is 11.4 Å². The second-order valence-corrected chi connectivity index (χ2v) is 4.50. The summed E-state index contributed by atoms with van der Waals surface area (Å²) in [7, 11) is 0. The molecule has 3 N–H and O–H groups in total. The SMILES string of the molecule is CC(CO)NC(=O)Nc1cccc(N2CCOC2=O)c1. The molecule has 0 aromatic heterocycles. The van der Waals surface area contributed by atoms with Gasteiger partial charge in [-0.15, -0.1) is 0 Å². The van der Waals surface area contributed by atoms with Crippen LogP contribution in [0.15, 0.2) is 24.3 Å². The van der Waals surface area contributed by atoms with Gasteiger partial charge in [-0.25, -0.2) is 9.59 Å². The molecule has 1 unspecified atom stereocenters. The summed E-state index contributed by atoms with van der Waals surface area (Å²) in [5, 5.41) is 14.1. The van der Waals surface area contributed by atoms with Gasteiger partial charge in [0.2, 0.25) is 0 Å². The van der Waals surface area contributed by atoms with Gasteiger partial charge in [-0.3, -0.25) is 4.90 Å². The van der Waals surface area contributed by atoms with Crippen LogP contribution < -0.4 is 15.5 Å². The summed E-state index contributed by atoms with van der Waals surface area (Å²) in [6.45, 7) is 2.42. The van der Waals surface area contributed by atoms with E-state index >= 15 is 0 Å². The number of carbonyl (C=O) groups excluding carboxylic acids is 2. The molecule has 7 heteroatoms. The zero-order valence-corrected chi connectivity index (χ0v) is 11.1. The van der Waals surface area contributed by atoms with Crippen molar-refractivity contribution in [1.29, 1.82) is 0 Å². The molecule has 1 saturated heterocycles. The number of carbonyl (C=O) groups is 2. The first-order chi connectivity index (χ1) is 9.60. The van der Waals surface area contributed by atoms with Gasteiger partial charge < -0.3 is 20.5 Å². The van der Waals surface area contributed by atoms with Crippen LogP contribution >= 0.6 is 0 Å². The second-order valence-electron chi connectivity index (χ2n) is 4.50. The topological polar surface area (TPSA) is 90.9 Å². The number of hydrogen-bond acceptors (Lipinski definition) is 4. The molecule has 0 saturated carbocycles. The van der Waals surface area contributed by atoms with Crippen LogP contribution in [-0.2, 0) is 4.74 Å². The quantitative estimate of drug-likeness (QED) is 0.771. The van der Waals surface area contributed by atoms with E-state index in [1.807, 2.05) is 0 Å². The van der Waals surface area contributed by atoms with Gasteiger partial charge in [0.05, 0.1) is 19.2 Å². The fraction of sp³-hybridized carbons (Fsp3) is 0.385. The summed E-state index contributed by atoms with van der Waals surface area (Å²) < 4.78 is 4.87. The van der Waals surface area contributed by atoms with E-state index in [1.54, 1.807) is 31.2 Å². The molecule has 7 nitrogen and oxygen atoms in total. The van der Waals surface area contributed by atoms with Crippen molar-refractivity contribution in [2.45, 2.75) is 13.0 Å². The molecular formula is C13H17N3O4. The number of aliphatic hydroxyl groups is 1. The van der Waals surface area contributed by atoms with Gasteiger partial charge in [0.15, 0.2) is 0 Å². The standard InChI is InChI=1S/C13H17N3O4/c1-9(8-17)14-12(18)15-10-3-2-4-11(7-10)16-5-6-20-13(16)19/h2-4,7,9,17H,5-6,8H2,1H3,(H2,14,15,18). The molecular weight excluding hydrogens is 262 g/mol. The highest BCUT2D eigenvalue weighted by Gasteiger charge is 2.23. The number of ether oxygens (including phenoxy) is 1. The normalized spacial score (nSPS) is 15.7. The van der Waals surface area contributed by atoms with Crippen molar-refractivity contribution in [1.82, 2.24) is 5.32 Å². The number of benzene rings is 1. The average molecular weight is 279 g/mol. The van der Waals surface area contributed by atoms with E-state index in [-0.39, 0.29) is 18.7 Å². The van der Waals surface area contributed by atoms with Gasteiger partial charge >= 0.3 is 12.1 Å². The van der Waals surface area contributed by atoms with Crippen molar-refractivity contribution < 1.29 is 19.4 Å². The molecule has 0 spiro atoms. The van der Waals surface area contributed by atoms with E-state index < -0.39 is 6.03 Å². The molecule has 1 fully saturated rings. The molecule has 2 rings (SSSR count). The van der Waals surface area contributed by atoms with Crippen LogP contribution in [0.5, 0.6) is 0 Å². The summed E-state index contributed by atoms with van der Waals surface area (Å²) >= 11 is 0. The Bertz CT molecular complexity index is 506. The van der Waals surface area contributed by atoms with Crippen LogP contribution in [0.4, 0.5) is 21.0 Å². The first-order valence-electron chi connectivity index (χ1n) is 6.33. The largest absolute Gasteiger partial charge is 0.447 e. The van der Waals surface area contributed by atoms with Crippen LogP contribution in [0.1, 0.15) is 6.92 Å². The highest BCUT2D eigenvalue weighted by atomic mass is 16.6. The maximum absolute atomic E-state index is 11.6. The van der Waals surface area contributed by atoms with E-state index in [1.165, 1.54) is 4.90 Å². The summed E-state index contributed by atoms with van der Waals surface area (Å²) in [5.74, 6) is 0. The number of nitrogens with one attached hydrogen (secondary N) is 2. The van der Waals surface area contributed by atoms with Crippen molar-refractivity contribution in [2.75, 3.05) is 30.0 Å². The Morgan fingerprint density at radius 1 is 1.55 bits per heavy atom. The van der Waals surface area contributed by atoms with Gasteiger partial charge in [-0.2, -0.15) is 0 Å². The van der Waals surface area contributed by atoms with Crippen LogP contribution in [0.25, 0.3) is 0 Å². The molecule has 1 aromatic carbocycles. The van der Waals surface area contributed by atoms with E-state index in [9.17, 15) is 9.59 Å². The minimum absolute atomic E-state index is 0.132. The van der Waals surface area contributed by atoms with E-state index in [2.05, 4.69) is 10.6 Å². The van der Waals surface area contributed by atoms with Crippen LogP contribution in [0.2, 0.25) is 0 Å². The van der Waals surface area contributed by atoms with E-state index in [0.717, 1.165) is 0 Å². The smallest absolute Gasteiger partial charge is 0.414 e. The Balaban J connectivity index is 2.02. The molecule has 0 aliphatic carbocycles. The molecule has 1 heterocycles. The highest BCUT2D eigenvalue weighted by molar-refractivity contribution is 5.93. The van der Waals surface area contributed by atoms with Gasteiger partial charge in [0.25, 0.3) is 0 Å². The number of nitrogens with zero attached hydrogens (tertiary/aromatic N) is 1. The maximum atomic E-state index is 11.6. The first kappa shape index (κ1) is 14.1. The van der Waals surface area contributed by atoms with Crippen LogP contribution in [0.3, 0.4) is 0 Å². The predicted molar refractivity (Wildman–Crippen MR) is 73.8 cm³/mol. The van der Waals surface area contributed by atoms with E-state index in [0.29, 0.717) is 24.5 Å². The molecule has 1 aliphatic rings. The molecule has 3 amide bonds. The Morgan fingerprint density at radius 3 is 3.00 bits per heavy atom. The number of anilines is 2.